The molecule has 1 N–H and O–H groups in total. The van der Waals surface area contributed by atoms with Crippen molar-refractivity contribution in [3.05, 3.63) is 52.5 Å². The van der Waals surface area contributed by atoms with E-state index in [2.05, 4.69) is 0 Å². The Kier molecular flexibility index (Phi) is 4.69. The van der Waals surface area contributed by atoms with Crippen LogP contribution in [0.15, 0.2) is 36.4 Å². The van der Waals surface area contributed by atoms with Crippen LogP contribution in [0.2, 0.25) is 5.02 Å². The van der Waals surface area contributed by atoms with Gasteiger partial charge in [0.15, 0.2) is 11.5 Å². The van der Waals surface area contributed by atoms with Gasteiger partial charge in [0.05, 0.1) is 29.9 Å². The first-order valence-corrected chi connectivity index (χ1v) is 6.66. The summed E-state index contributed by atoms with van der Waals surface area (Å²) in [4.78, 5) is 0. The second kappa shape index (κ2) is 6.49. The number of nitrogens with zero attached hydrogens (tertiary/aromatic N) is 1. The number of rotatable bonds is 4. The zero-order valence-corrected chi connectivity index (χ0v) is 12.4. The maximum Gasteiger partial charge on any atom is 0.169 e. The van der Waals surface area contributed by atoms with E-state index in [0.717, 1.165) is 0 Å². The summed E-state index contributed by atoms with van der Waals surface area (Å²) < 4.78 is 10.9. The maximum absolute atomic E-state index is 9.52. The first kappa shape index (κ1) is 15.2. The van der Waals surface area contributed by atoms with Crippen LogP contribution >= 0.6 is 11.6 Å². The van der Waals surface area contributed by atoms with Crippen LogP contribution in [-0.4, -0.2) is 12.2 Å². The highest BCUT2D eigenvalue weighted by molar-refractivity contribution is 6.32. The lowest BCUT2D eigenvalue weighted by Crippen LogP contribution is -1.94. The van der Waals surface area contributed by atoms with Crippen molar-refractivity contribution in [1.82, 2.24) is 0 Å². The molecule has 0 aliphatic rings. The lowest BCUT2D eigenvalue weighted by atomic mass is 10.1. The van der Waals surface area contributed by atoms with Crippen molar-refractivity contribution < 1.29 is 14.6 Å². The number of aliphatic hydroxyl groups excluding tert-OH is 1. The Morgan fingerprint density at radius 1 is 1.14 bits per heavy atom. The van der Waals surface area contributed by atoms with Crippen LogP contribution in [-0.2, 0) is 0 Å². The highest BCUT2D eigenvalue weighted by Gasteiger charge is 2.11. The number of nitriles is 1. The van der Waals surface area contributed by atoms with Crippen LogP contribution < -0.4 is 9.47 Å². The largest absolute Gasteiger partial charge is 0.493 e. The minimum atomic E-state index is -0.596. The Morgan fingerprint density at radius 3 is 2.43 bits per heavy atom. The summed E-state index contributed by atoms with van der Waals surface area (Å²) in [7, 11) is 1.50. The molecule has 0 unspecified atom stereocenters. The average Bonchev–Trinajstić information content (AvgIpc) is 2.49. The maximum atomic E-state index is 9.52. The van der Waals surface area contributed by atoms with Gasteiger partial charge in [-0.25, -0.2) is 0 Å². The monoisotopic (exact) mass is 303 g/mol. The third-order valence-electron chi connectivity index (χ3n) is 2.95. The third-order valence-corrected chi connectivity index (χ3v) is 3.25. The van der Waals surface area contributed by atoms with Gasteiger partial charge in [0.1, 0.15) is 5.75 Å². The fourth-order valence-electron chi connectivity index (χ4n) is 1.80. The van der Waals surface area contributed by atoms with Crippen LogP contribution in [0, 0.1) is 11.3 Å². The van der Waals surface area contributed by atoms with Crippen LogP contribution in [0.1, 0.15) is 24.2 Å². The van der Waals surface area contributed by atoms with Gasteiger partial charge in [0, 0.05) is 6.07 Å². The van der Waals surface area contributed by atoms with Crippen LogP contribution in [0.25, 0.3) is 0 Å². The lowest BCUT2D eigenvalue weighted by Gasteiger charge is -2.13. The molecule has 0 amide bonds. The molecular weight excluding hydrogens is 290 g/mol. The number of halogens is 1. The first-order chi connectivity index (χ1) is 10.0. The Balaban J connectivity index is 2.32. The highest BCUT2D eigenvalue weighted by Crippen LogP contribution is 2.36. The molecule has 0 aliphatic carbocycles. The smallest absolute Gasteiger partial charge is 0.169 e. The van der Waals surface area contributed by atoms with Gasteiger partial charge in [0.2, 0.25) is 0 Å². The summed E-state index contributed by atoms with van der Waals surface area (Å²) in [6.45, 7) is 1.66. The summed E-state index contributed by atoms with van der Waals surface area (Å²) in [5.41, 5.74) is 1.19. The van der Waals surface area contributed by atoms with Crippen LogP contribution in [0.5, 0.6) is 17.2 Å². The van der Waals surface area contributed by atoms with Crippen molar-refractivity contribution in [2.24, 2.45) is 0 Å². The van der Waals surface area contributed by atoms with E-state index in [4.69, 9.17) is 26.3 Å². The second-order valence-corrected chi connectivity index (χ2v) is 4.85. The molecule has 108 valence electrons. The van der Waals surface area contributed by atoms with Crippen molar-refractivity contribution in [1.29, 1.82) is 5.26 Å². The highest BCUT2D eigenvalue weighted by atomic mass is 35.5. The van der Waals surface area contributed by atoms with Gasteiger partial charge in [-0.1, -0.05) is 17.7 Å². The van der Waals surface area contributed by atoms with E-state index in [-0.39, 0.29) is 0 Å². The van der Waals surface area contributed by atoms with Crippen LogP contribution in [0.3, 0.4) is 0 Å². The minimum Gasteiger partial charge on any atom is -0.493 e. The quantitative estimate of drug-likeness (QED) is 0.925. The number of ether oxygens (including phenoxy) is 2. The van der Waals surface area contributed by atoms with Gasteiger partial charge in [0.25, 0.3) is 0 Å². The molecule has 0 saturated heterocycles. The van der Waals surface area contributed by atoms with Gasteiger partial charge < -0.3 is 14.6 Å². The minimum absolute atomic E-state index is 0.389. The summed E-state index contributed by atoms with van der Waals surface area (Å²) in [5.74, 6) is 1.36. The normalized spacial score (nSPS) is 11.6. The molecule has 0 fully saturated rings. The number of methoxy groups -OCH3 is 1. The molecule has 0 aromatic heterocycles. The Morgan fingerprint density at radius 2 is 1.86 bits per heavy atom. The molecule has 0 aliphatic heterocycles. The molecule has 0 spiro atoms. The summed E-state index contributed by atoms with van der Waals surface area (Å²) >= 11 is 6.15. The number of hydrogen-bond acceptors (Lipinski definition) is 4. The lowest BCUT2D eigenvalue weighted by molar-refractivity contribution is 0.199. The number of hydrogen-bond donors (Lipinski definition) is 1. The fourth-order valence-corrected chi connectivity index (χ4v) is 2.03. The van der Waals surface area contributed by atoms with E-state index >= 15 is 0 Å². The molecule has 4 nitrogen and oxygen atoms in total. The van der Waals surface area contributed by atoms with Gasteiger partial charge in [-0.2, -0.15) is 5.26 Å². The Labute approximate surface area is 128 Å². The molecule has 21 heavy (non-hydrogen) atoms. The molecule has 5 heteroatoms. The van der Waals surface area contributed by atoms with Crippen molar-refractivity contribution in [2.75, 3.05) is 7.11 Å². The van der Waals surface area contributed by atoms with E-state index in [9.17, 15) is 5.11 Å². The van der Waals surface area contributed by atoms with Crippen LogP contribution in [0.4, 0.5) is 0 Å². The summed E-state index contributed by atoms with van der Waals surface area (Å²) in [5, 5.41) is 18.8. The van der Waals surface area contributed by atoms with Crippen molar-refractivity contribution in [3.63, 3.8) is 0 Å². The zero-order valence-electron chi connectivity index (χ0n) is 11.6. The van der Waals surface area contributed by atoms with Gasteiger partial charge in [-0.3, -0.25) is 0 Å². The van der Waals surface area contributed by atoms with Crippen molar-refractivity contribution >= 4 is 11.6 Å². The van der Waals surface area contributed by atoms with Crippen molar-refractivity contribution in [3.8, 4) is 23.3 Å². The van der Waals surface area contributed by atoms with E-state index in [1.165, 1.54) is 7.11 Å². The fraction of sp³-hybridized carbons (Fsp3) is 0.188. The summed E-state index contributed by atoms with van der Waals surface area (Å²) in [6, 6.07) is 12.0. The number of aliphatic hydroxyl groups is 1. The molecule has 0 heterocycles. The van der Waals surface area contributed by atoms with Crippen molar-refractivity contribution in [2.45, 2.75) is 13.0 Å². The van der Waals surface area contributed by atoms with E-state index in [1.54, 1.807) is 43.3 Å². The van der Waals surface area contributed by atoms with E-state index < -0.39 is 6.10 Å². The van der Waals surface area contributed by atoms with Gasteiger partial charge in [-0.05, 0) is 36.8 Å². The van der Waals surface area contributed by atoms with Gasteiger partial charge in [-0.15, -0.1) is 0 Å². The topological polar surface area (TPSA) is 62.5 Å². The standard InChI is InChI=1S/C16H14ClNO3/c1-10(19)12-4-6-14(13(17)8-12)21-15-5-3-11(9-18)7-16(15)20-2/h3-8,10,19H,1-2H3/t10-/m1/s1. The molecular formula is C16H14ClNO3. The molecule has 2 aromatic carbocycles. The molecule has 0 bridgehead atoms. The predicted molar refractivity (Wildman–Crippen MR) is 79.9 cm³/mol. The molecule has 2 rings (SSSR count). The molecule has 0 saturated carbocycles. The Bertz CT molecular complexity index is 692. The number of benzene rings is 2. The van der Waals surface area contributed by atoms with Gasteiger partial charge >= 0.3 is 0 Å². The SMILES string of the molecule is COc1cc(C#N)ccc1Oc1ccc([C@@H](C)O)cc1Cl. The molecule has 1 atom stereocenters. The predicted octanol–water partition coefficient (Wildman–Crippen LogP) is 4.07. The first-order valence-electron chi connectivity index (χ1n) is 6.28. The summed E-state index contributed by atoms with van der Waals surface area (Å²) in [6.07, 6.45) is -0.596. The average molecular weight is 304 g/mol. The van der Waals surface area contributed by atoms with E-state index in [0.29, 0.717) is 33.4 Å². The third kappa shape index (κ3) is 3.46. The van der Waals surface area contributed by atoms with E-state index in [1.807, 2.05) is 6.07 Å². The zero-order chi connectivity index (χ0) is 15.4. The second-order valence-electron chi connectivity index (χ2n) is 4.45. The molecule has 0 radical (unpaired) electrons. The Hall–Kier alpha value is -2.22. The molecule has 2 aromatic rings.